The van der Waals surface area contributed by atoms with Gasteiger partial charge in [0.15, 0.2) is 11.6 Å². The average molecular weight is 467 g/mol. The Hall–Kier alpha value is -4.28. The number of carbonyl (C=O) groups excluding carboxylic acids is 3. The predicted molar refractivity (Wildman–Crippen MR) is 119 cm³/mol. The molecule has 0 unspecified atom stereocenters. The zero-order chi connectivity index (χ0) is 24.1. The van der Waals surface area contributed by atoms with Gasteiger partial charge in [0.2, 0.25) is 5.91 Å². The second kappa shape index (κ2) is 10.1. The van der Waals surface area contributed by atoms with E-state index in [1.165, 1.54) is 41.5 Å². The van der Waals surface area contributed by atoms with Gasteiger partial charge in [-0.1, -0.05) is 0 Å². The summed E-state index contributed by atoms with van der Waals surface area (Å²) in [5, 5.41) is 6.56. The zero-order valence-electron chi connectivity index (χ0n) is 18.3. The van der Waals surface area contributed by atoms with Crippen LogP contribution in [0.2, 0.25) is 0 Å². The number of nitrogens with one attached hydrogen (secondary N) is 1. The molecule has 1 aliphatic heterocycles. The van der Waals surface area contributed by atoms with E-state index in [0.717, 1.165) is 0 Å². The largest absolute Gasteiger partial charge is 0.497 e. The summed E-state index contributed by atoms with van der Waals surface area (Å²) < 4.78 is 26.1. The quantitative estimate of drug-likeness (QED) is 0.481. The molecular weight excluding hydrogens is 445 g/mol. The molecule has 3 aromatic rings. The van der Waals surface area contributed by atoms with Gasteiger partial charge in [-0.3, -0.25) is 14.5 Å². The number of ether oxygens (including phenoxy) is 2. The van der Waals surface area contributed by atoms with Crippen LogP contribution in [0.4, 0.5) is 14.9 Å². The van der Waals surface area contributed by atoms with Crippen LogP contribution in [-0.4, -0.2) is 58.9 Å². The fourth-order valence-electron chi connectivity index (χ4n) is 3.49. The first kappa shape index (κ1) is 22.9. The molecule has 2 aromatic carbocycles. The van der Waals surface area contributed by atoms with Gasteiger partial charge in [0.25, 0.3) is 0 Å². The van der Waals surface area contributed by atoms with E-state index in [-0.39, 0.29) is 43.3 Å². The van der Waals surface area contributed by atoms with Crippen molar-refractivity contribution in [1.82, 2.24) is 20.1 Å². The maximum Gasteiger partial charge on any atom is 0.414 e. The first-order chi connectivity index (χ1) is 16.4. The molecule has 176 valence electrons. The standard InChI is InChI=1S/C23H22FN5O5/c1-33-17-5-2-15(3-6-17)21(30)8-9-22(31)26-11-18-12-28(23(32)34-18)16-4-7-20(19(24)10-16)29-14-25-13-27-29/h2-7,10,13-14,18H,8-9,11-12H2,1H3,(H,26,31)/t18-/m0/s1. The van der Waals surface area contributed by atoms with Gasteiger partial charge in [-0.05, 0) is 42.5 Å². The highest BCUT2D eigenvalue weighted by Gasteiger charge is 2.33. The molecule has 1 fully saturated rings. The molecule has 1 aromatic heterocycles. The third kappa shape index (κ3) is 5.20. The SMILES string of the molecule is COc1ccc(C(=O)CCC(=O)NC[C@H]2CN(c3ccc(-n4cncn4)c(F)c3)C(=O)O2)cc1. The number of nitrogens with zero attached hydrogens (tertiary/aromatic N) is 4. The van der Waals surface area contributed by atoms with Gasteiger partial charge in [0.1, 0.15) is 30.2 Å². The van der Waals surface area contributed by atoms with Crippen molar-refractivity contribution < 1.29 is 28.2 Å². The lowest BCUT2D eigenvalue weighted by atomic mass is 10.1. The van der Waals surface area contributed by atoms with Crippen molar-refractivity contribution in [2.75, 3.05) is 25.1 Å². The van der Waals surface area contributed by atoms with Crippen LogP contribution in [0.3, 0.4) is 0 Å². The fourth-order valence-corrected chi connectivity index (χ4v) is 3.49. The van der Waals surface area contributed by atoms with Crippen molar-refractivity contribution in [2.45, 2.75) is 18.9 Å². The summed E-state index contributed by atoms with van der Waals surface area (Å²) in [6.45, 7) is 0.226. The van der Waals surface area contributed by atoms with Crippen LogP contribution >= 0.6 is 0 Å². The number of rotatable bonds is 9. The maximum absolute atomic E-state index is 14.5. The summed E-state index contributed by atoms with van der Waals surface area (Å²) in [5.74, 6) is -0.426. The Kier molecular flexibility index (Phi) is 6.81. The molecule has 4 rings (SSSR count). The minimum absolute atomic E-state index is 0.00417. The van der Waals surface area contributed by atoms with Gasteiger partial charge in [0.05, 0.1) is 25.9 Å². The first-order valence-corrected chi connectivity index (χ1v) is 10.5. The van der Waals surface area contributed by atoms with Gasteiger partial charge in [0, 0.05) is 18.4 Å². The fraction of sp³-hybridized carbons (Fsp3) is 0.261. The Morgan fingerprint density at radius 2 is 2.00 bits per heavy atom. The number of anilines is 1. The maximum atomic E-state index is 14.5. The molecule has 34 heavy (non-hydrogen) atoms. The summed E-state index contributed by atoms with van der Waals surface area (Å²) in [7, 11) is 1.54. The van der Waals surface area contributed by atoms with Crippen LogP contribution < -0.4 is 15.0 Å². The van der Waals surface area contributed by atoms with E-state index in [9.17, 15) is 18.8 Å². The number of Topliss-reactive ketones (excluding diaryl/α,β-unsaturated/α-hetero) is 1. The number of halogens is 1. The van der Waals surface area contributed by atoms with E-state index in [1.54, 1.807) is 30.3 Å². The van der Waals surface area contributed by atoms with E-state index in [2.05, 4.69) is 15.4 Å². The zero-order valence-corrected chi connectivity index (χ0v) is 18.3. The predicted octanol–water partition coefficient (Wildman–Crippen LogP) is 2.52. The van der Waals surface area contributed by atoms with Crippen molar-refractivity contribution in [1.29, 1.82) is 0 Å². The van der Waals surface area contributed by atoms with Crippen LogP contribution in [-0.2, 0) is 9.53 Å². The van der Waals surface area contributed by atoms with Gasteiger partial charge in [-0.25, -0.2) is 18.9 Å². The Labute approximate surface area is 194 Å². The van der Waals surface area contributed by atoms with Crippen LogP contribution in [0.25, 0.3) is 5.69 Å². The number of hydrogen-bond donors (Lipinski definition) is 1. The van der Waals surface area contributed by atoms with E-state index in [0.29, 0.717) is 17.0 Å². The Balaban J connectivity index is 1.26. The Morgan fingerprint density at radius 1 is 1.21 bits per heavy atom. The first-order valence-electron chi connectivity index (χ1n) is 10.5. The Morgan fingerprint density at radius 3 is 2.68 bits per heavy atom. The molecule has 0 spiro atoms. The van der Waals surface area contributed by atoms with Gasteiger partial charge in [-0.15, -0.1) is 0 Å². The number of amides is 2. The van der Waals surface area contributed by atoms with Crippen LogP contribution in [0, 0.1) is 5.82 Å². The summed E-state index contributed by atoms with van der Waals surface area (Å²) in [4.78, 5) is 41.7. The molecule has 1 aliphatic rings. The van der Waals surface area contributed by atoms with E-state index >= 15 is 0 Å². The number of aromatic nitrogens is 3. The number of benzene rings is 2. The summed E-state index contributed by atoms with van der Waals surface area (Å²) in [5.41, 5.74) is 1.02. The van der Waals surface area contributed by atoms with Crippen LogP contribution in [0.1, 0.15) is 23.2 Å². The van der Waals surface area contributed by atoms with Crippen molar-refractivity contribution in [2.24, 2.45) is 0 Å². The summed E-state index contributed by atoms with van der Waals surface area (Å²) in [6.07, 6.45) is 1.47. The normalized spacial score (nSPS) is 15.2. The minimum atomic E-state index is -0.637. The Bertz CT molecular complexity index is 1180. The molecule has 0 bridgehead atoms. The van der Waals surface area contributed by atoms with Crippen molar-refractivity contribution >= 4 is 23.5 Å². The third-order valence-electron chi connectivity index (χ3n) is 5.30. The molecular formula is C23H22FN5O5. The van der Waals surface area contributed by atoms with Crippen molar-refractivity contribution in [3.8, 4) is 11.4 Å². The molecule has 1 N–H and O–H groups in total. The van der Waals surface area contributed by atoms with E-state index in [4.69, 9.17) is 9.47 Å². The van der Waals surface area contributed by atoms with E-state index in [1.807, 2.05) is 0 Å². The van der Waals surface area contributed by atoms with Gasteiger partial charge >= 0.3 is 6.09 Å². The minimum Gasteiger partial charge on any atom is -0.497 e. The third-order valence-corrected chi connectivity index (χ3v) is 5.30. The number of hydrogen-bond acceptors (Lipinski definition) is 7. The highest BCUT2D eigenvalue weighted by atomic mass is 19.1. The smallest absolute Gasteiger partial charge is 0.414 e. The molecule has 1 atom stereocenters. The average Bonchev–Trinajstić information content (AvgIpc) is 3.51. The topological polar surface area (TPSA) is 116 Å². The lowest BCUT2D eigenvalue weighted by Gasteiger charge is -2.14. The highest BCUT2D eigenvalue weighted by molar-refractivity contribution is 5.98. The number of methoxy groups -OCH3 is 1. The number of carbonyl (C=O) groups is 3. The lowest BCUT2D eigenvalue weighted by Crippen LogP contribution is -2.34. The lowest BCUT2D eigenvalue weighted by molar-refractivity contribution is -0.121. The molecule has 2 amide bonds. The van der Waals surface area contributed by atoms with Gasteiger partial charge in [-0.2, -0.15) is 5.10 Å². The monoisotopic (exact) mass is 467 g/mol. The van der Waals surface area contributed by atoms with Crippen molar-refractivity contribution in [3.63, 3.8) is 0 Å². The summed E-state index contributed by atoms with van der Waals surface area (Å²) >= 11 is 0. The molecule has 0 radical (unpaired) electrons. The molecule has 11 heteroatoms. The molecule has 10 nitrogen and oxygen atoms in total. The molecule has 1 saturated heterocycles. The molecule has 0 aliphatic carbocycles. The summed E-state index contributed by atoms with van der Waals surface area (Å²) in [6, 6.07) is 10.9. The van der Waals surface area contributed by atoms with Gasteiger partial charge < -0.3 is 14.8 Å². The van der Waals surface area contributed by atoms with Crippen LogP contribution in [0.15, 0.2) is 55.1 Å². The van der Waals surface area contributed by atoms with Crippen LogP contribution in [0.5, 0.6) is 5.75 Å². The molecule has 0 saturated carbocycles. The highest BCUT2D eigenvalue weighted by Crippen LogP contribution is 2.25. The van der Waals surface area contributed by atoms with Crippen molar-refractivity contribution in [3.05, 3.63) is 66.5 Å². The molecule has 2 heterocycles. The second-order valence-corrected chi connectivity index (χ2v) is 7.55. The second-order valence-electron chi connectivity index (χ2n) is 7.55. The number of ketones is 1. The van der Waals surface area contributed by atoms with E-state index < -0.39 is 18.0 Å². The number of cyclic esters (lactones) is 1.